The van der Waals surface area contributed by atoms with Crippen LogP contribution in [0, 0.1) is 11.8 Å². The third kappa shape index (κ3) is 2.59. The Hall–Kier alpha value is -1.55. The molecule has 1 fully saturated rings. The number of rotatable bonds is 4. The first-order valence-electron chi connectivity index (χ1n) is 7.03. The lowest BCUT2D eigenvalue weighted by Gasteiger charge is -2.30. The maximum atomic E-state index is 5.92. The third-order valence-electron chi connectivity index (χ3n) is 4.15. The van der Waals surface area contributed by atoms with Crippen LogP contribution in [0.2, 0.25) is 0 Å². The fourth-order valence-corrected chi connectivity index (χ4v) is 2.98. The van der Waals surface area contributed by atoms with Crippen molar-refractivity contribution < 1.29 is 9.15 Å². The van der Waals surface area contributed by atoms with E-state index in [1.807, 2.05) is 12.1 Å². The van der Waals surface area contributed by atoms with Gasteiger partial charge in [0.15, 0.2) is 0 Å². The van der Waals surface area contributed by atoms with Crippen molar-refractivity contribution in [1.82, 2.24) is 4.98 Å². The quantitative estimate of drug-likeness (QED) is 0.918. The molecule has 2 aromatic heterocycles. The normalized spacial score (nSPS) is 23.6. The molecule has 0 aromatic carbocycles. The molecule has 2 N–H and O–H groups in total. The Labute approximate surface area is 112 Å². The lowest BCUT2D eigenvalue weighted by atomic mass is 9.80. The van der Waals surface area contributed by atoms with E-state index >= 15 is 0 Å². The summed E-state index contributed by atoms with van der Waals surface area (Å²) in [7, 11) is 0. The predicted octanol–water partition coefficient (Wildman–Crippen LogP) is 2.97. The van der Waals surface area contributed by atoms with Crippen molar-refractivity contribution in [2.75, 3.05) is 13.2 Å². The van der Waals surface area contributed by atoms with Gasteiger partial charge in [0.2, 0.25) is 5.88 Å². The molecule has 2 atom stereocenters. The number of nitrogens with two attached hydrogens (primary N) is 1. The molecule has 0 spiro atoms. The van der Waals surface area contributed by atoms with Gasteiger partial charge in [-0.2, -0.15) is 0 Å². The first kappa shape index (κ1) is 12.5. The summed E-state index contributed by atoms with van der Waals surface area (Å²) >= 11 is 0. The molecule has 19 heavy (non-hydrogen) atoms. The van der Waals surface area contributed by atoms with Gasteiger partial charge < -0.3 is 14.9 Å². The largest absolute Gasteiger partial charge is 0.477 e. The molecule has 1 saturated carbocycles. The van der Waals surface area contributed by atoms with Crippen LogP contribution in [0.25, 0.3) is 11.0 Å². The van der Waals surface area contributed by atoms with Gasteiger partial charge in [0.25, 0.3) is 0 Å². The molecule has 0 saturated heterocycles. The van der Waals surface area contributed by atoms with E-state index in [-0.39, 0.29) is 0 Å². The highest BCUT2D eigenvalue weighted by Crippen LogP contribution is 2.31. The second-order valence-corrected chi connectivity index (χ2v) is 5.30. The summed E-state index contributed by atoms with van der Waals surface area (Å²) < 4.78 is 11.3. The molecular weight excluding hydrogens is 240 g/mol. The zero-order chi connectivity index (χ0) is 13.1. The predicted molar refractivity (Wildman–Crippen MR) is 74.0 cm³/mol. The molecule has 2 aromatic rings. The molecule has 0 radical (unpaired) electrons. The molecule has 0 amide bonds. The van der Waals surface area contributed by atoms with Crippen LogP contribution in [0.1, 0.15) is 25.7 Å². The SMILES string of the molecule is NCC1CCCCC1COc1nccc2occc12. The Morgan fingerprint density at radius 3 is 2.95 bits per heavy atom. The van der Waals surface area contributed by atoms with E-state index in [0.29, 0.717) is 24.3 Å². The molecule has 3 rings (SSSR count). The number of hydrogen-bond donors (Lipinski definition) is 1. The highest BCUT2D eigenvalue weighted by atomic mass is 16.5. The molecule has 0 bridgehead atoms. The number of aromatic nitrogens is 1. The van der Waals surface area contributed by atoms with Gasteiger partial charge in [0.1, 0.15) is 5.58 Å². The summed E-state index contributed by atoms with van der Waals surface area (Å²) in [6, 6.07) is 3.75. The standard InChI is InChI=1S/C15H20N2O2/c16-9-11-3-1-2-4-12(11)10-19-15-13-6-8-18-14(13)5-7-17-15/h5-8,11-12H,1-4,9-10,16H2. The maximum Gasteiger partial charge on any atom is 0.224 e. The minimum atomic E-state index is 0.558. The van der Waals surface area contributed by atoms with E-state index in [0.717, 1.165) is 17.5 Å². The Balaban J connectivity index is 1.69. The van der Waals surface area contributed by atoms with Gasteiger partial charge in [-0.05, 0) is 43.4 Å². The van der Waals surface area contributed by atoms with Crippen molar-refractivity contribution in [3.05, 3.63) is 24.6 Å². The molecule has 0 aliphatic heterocycles. The lowest BCUT2D eigenvalue weighted by molar-refractivity contribution is 0.151. The zero-order valence-corrected chi connectivity index (χ0v) is 11.0. The second-order valence-electron chi connectivity index (χ2n) is 5.30. The first-order chi connectivity index (χ1) is 9.38. The van der Waals surface area contributed by atoms with Crippen molar-refractivity contribution in [1.29, 1.82) is 0 Å². The van der Waals surface area contributed by atoms with Gasteiger partial charge in [0, 0.05) is 6.20 Å². The second kappa shape index (κ2) is 5.61. The molecule has 2 heterocycles. The molecule has 4 heteroatoms. The van der Waals surface area contributed by atoms with Crippen LogP contribution < -0.4 is 10.5 Å². The van der Waals surface area contributed by atoms with Gasteiger partial charge in [0.05, 0.1) is 18.3 Å². The van der Waals surface area contributed by atoms with E-state index in [9.17, 15) is 0 Å². The van der Waals surface area contributed by atoms with E-state index in [1.54, 1.807) is 12.5 Å². The average Bonchev–Trinajstić information content (AvgIpc) is 2.94. The van der Waals surface area contributed by atoms with Gasteiger partial charge >= 0.3 is 0 Å². The summed E-state index contributed by atoms with van der Waals surface area (Å²) in [6.07, 6.45) is 8.42. The van der Waals surface area contributed by atoms with Crippen LogP contribution in [-0.2, 0) is 0 Å². The molecule has 2 unspecified atom stereocenters. The smallest absolute Gasteiger partial charge is 0.224 e. The van der Waals surface area contributed by atoms with E-state index in [2.05, 4.69) is 4.98 Å². The van der Waals surface area contributed by atoms with Crippen molar-refractivity contribution in [3.63, 3.8) is 0 Å². The van der Waals surface area contributed by atoms with E-state index in [4.69, 9.17) is 14.9 Å². The van der Waals surface area contributed by atoms with Gasteiger partial charge in [-0.15, -0.1) is 0 Å². The molecule has 1 aliphatic carbocycles. The van der Waals surface area contributed by atoms with Crippen molar-refractivity contribution in [2.45, 2.75) is 25.7 Å². The maximum absolute atomic E-state index is 5.92. The Kier molecular flexibility index (Phi) is 3.69. The summed E-state index contributed by atoms with van der Waals surface area (Å²) in [5, 5.41) is 0.947. The van der Waals surface area contributed by atoms with Gasteiger partial charge in [-0.3, -0.25) is 0 Å². The summed E-state index contributed by atoms with van der Waals surface area (Å²) in [5.41, 5.74) is 6.67. The van der Waals surface area contributed by atoms with Crippen molar-refractivity contribution in [3.8, 4) is 5.88 Å². The minimum absolute atomic E-state index is 0.558. The van der Waals surface area contributed by atoms with Gasteiger partial charge in [-0.1, -0.05) is 12.8 Å². The summed E-state index contributed by atoms with van der Waals surface area (Å²) in [6.45, 7) is 1.47. The molecule has 1 aliphatic rings. The third-order valence-corrected chi connectivity index (χ3v) is 4.15. The number of pyridine rings is 1. The summed E-state index contributed by atoms with van der Waals surface area (Å²) in [5.74, 6) is 1.83. The van der Waals surface area contributed by atoms with Crippen LogP contribution in [0.4, 0.5) is 0 Å². The number of fused-ring (bicyclic) bond motifs is 1. The lowest BCUT2D eigenvalue weighted by Crippen LogP contribution is -2.30. The monoisotopic (exact) mass is 260 g/mol. The summed E-state index contributed by atoms with van der Waals surface area (Å²) in [4.78, 5) is 4.30. The topological polar surface area (TPSA) is 61.3 Å². The fourth-order valence-electron chi connectivity index (χ4n) is 2.98. The Morgan fingerprint density at radius 1 is 1.26 bits per heavy atom. The van der Waals surface area contributed by atoms with Crippen LogP contribution in [-0.4, -0.2) is 18.1 Å². The van der Waals surface area contributed by atoms with Gasteiger partial charge in [-0.25, -0.2) is 4.98 Å². The number of nitrogens with zero attached hydrogens (tertiary/aromatic N) is 1. The Morgan fingerprint density at radius 2 is 2.11 bits per heavy atom. The number of furan rings is 1. The fraction of sp³-hybridized carbons (Fsp3) is 0.533. The van der Waals surface area contributed by atoms with Crippen LogP contribution in [0.5, 0.6) is 5.88 Å². The van der Waals surface area contributed by atoms with Crippen LogP contribution >= 0.6 is 0 Å². The number of ether oxygens (including phenoxy) is 1. The molecule has 102 valence electrons. The minimum Gasteiger partial charge on any atom is -0.477 e. The Bertz CT molecular complexity index is 538. The average molecular weight is 260 g/mol. The highest BCUT2D eigenvalue weighted by Gasteiger charge is 2.24. The van der Waals surface area contributed by atoms with Crippen molar-refractivity contribution in [2.24, 2.45) is 17.6 Å². The molecule has 4 nitrogen and oxygen atoms in total. The van der Waals surface area contributed by atoms with Crippen LogP contribution in [0.3, 0.4) is 0 Å². The molecular formula is C15H20N2O2. The van der Waals surface area contributed by atoms with Crippen LogP contribution in [0.15, 0.2) is 29.0 Å². The number of hydrogen-bond acceptors (Lipinski definition) is 4. The highest BCUT2D eigenvalue weighted by molar-refractivity contribution is 5.81. The zero-order valence-electron chi connectivity index (χ0n) is 11.0. The van der Waals surface area contributed by atoms with E-state index < -0.39 is 0 Å². The first-order valence-corrected chi connectivity index (χ1v) is 7.03. The van der Waals surface area contributed by atoms with E-state index in [1.165, 1.54) is 25.7 Å². The van der Waals surface area contributed by atoms with Crippen molar-refractivity contribution >= 4 is 11.0 Å².